The van der Waals surface area contributed by atoms with Gasteiger partial charge in [0.15, 0.2) is 0 Å². The Hall–Kier alpha value is -2.20. The molecule has 0 fully saturated rings. The summed E-state index contributed by atoms with van der Waals surface area (Å²) >= 11 is 0. The first-order valence-corrected chi connectivity index (χ1v) is 6.21. The van der Waals surface area contributed by atoms with Crippen molar-refractivity contribution in [2.75, 3.05) is 7.05 Å². The second-order valence-corrected chi connectivity index (χ2v) is 4.20. The van der Waals surface area contributed by atoms with E-state index < -0.39 is 0 Å². The van der Waals surface area contributed by atoms with Crippen molar-refractivity contribution in [3.8, 4) is 0 Å². The first kappa shape index (κ1) is 13.2. The van der Waals surface area contributed by atoms with Crippen molar-refractivity contribution in [3.63, 3.8) is 0 Å². The highest BCUT2D eigenvalue weighted by Gasteiger charge is 2.02. The summed E-state index contributed by atoms with van der Waals surface area (Å²) in [4.78, 5) is 15.6. The number of aromatic nitrogens is 1. The Kier molecular flexibility index (Phi) is 4.64. The van der Waals surface area contributed by atoms with E-state index in [0.29, 0.717) is 5.56 Å². The minimum atomic E-state index is -0.0620. The summed E-state index contributed by atoms with van der Waals surface area (Å²) in [7, 11) is 1.63. The van der Waals surface area contributed by atoms with Gasteiger partial charge in [0.05, 0.1) is 5.69 Å². The van der Waals surface area contributed by atoms with Gasteiger partial charge in [-0.15, -0.1) is 0 Å². The van der Waals surface area contributed by atoms with Gasteiger partial charge < -0.3 is 10.6 Å². The van der Waals surface area contributed by atoms with E-state index >= 15 is 0 Å². The molecule has 1 aromatic carbocycles. The minimum Gasteiger partial charge on any atom is -0.355 e. The molecule has 1 amide bonds. The lowest BCUT2D eigenvalue weighted by Crippen LogP contribution is -2.18. The average molecular weight is 255 g/mol. The third-order valence-corrected chi connectivity index (χ3v) is 2.80. The summed E-state index contributed by atoms with van der Waals surface area (Å²) in [6, 6.07) is 13.4. The van der Waals surface area contributed by atoms with Gasteiger partial charge in [-0.3, -0.25) is 9.78 Å². The van der Waals surface area contributed by atoms with Gasteiger partial charge in [-0.25, -0.2) is 0 Å². The van der Waals surface area contributed by atoms with Gasteiger partial charge in [-0.2, -0.15) is 0 Å². The average Bonchev–Trinajstić information content (AvgIpc) is 2.48. The molecule has 0 atom stereocenters. The minimum absolute atomic E-state index is 0.0620. The van der Waals surface area contributed by atoms with E-state index in [9.17, 15) is 4.79 Å². The van der Waals surface area contributed by atoms with E-state index in [4.69, 9.17) is 0 Å². The quantitative estimate of drug-likeness (QED) is 0.855. The molecule has 0 radical (unpaired) electrons. The second-order valence-electron chi connectivity index (χ2n) is 4.20. The van der Waals surface area contributed by atoms with E-state index in [2.05, 4.69) is 15.6 Å². The summed E-state index contributed by atoms with van der Waals surface area (Å²) < 4.78 is 0. The maximum Gasteiger partial charge on any atom is 0.251 e. The maximum absolute atomic E-state index is 11.4. The van der Waals surface area contributed by atoms with E-state index in [0.717, 1.165) is 24.3 Å². The Bertz CT molecular complexity index is 523. The predicted molar refractivity (Wildman–Crippen MR) is 74.6 cm³/mol. The van der Waals surface area contributed by atoms with Crippen molar-refractivity contribution in [1.82, 2.24) is 15.6 Å². The summed E-state index contributed by atoms with van der Waals surface area (Å²) in [5, 5.41) is 5.92. The molecule has 0 aliphatic rings. The van der Waals surface area contributed by atoms with Crippen molar-refractivity contribution in [2.45, 2.75) is 13.1 Å². The molecule has 2 N–H and O–H groups in total. The van der Waals surface area contributed by atoms with Crippen LogP contribution in [0.4, 0.5) is 0 Å². The van der Waals surface area contributed by atoms with Crippen LogP contribution >= 0.6 is 0 Å². The molecule has 98 valence electrons. The first-order valence-electron chi connectivity index (χ1n) is 6.21. The van der Waals surface area contributed by atoms with Gasteiger partial charge in [0.2, 0.25) is 0 Å². The highest BCUT2D eigenvalue weighted by molar-refractivity contribution is 5.93. The number of carbonyl (C=O) groups excluding carboxylic acids is 1. The molecule has 0 unspecified atom stereocenters. The molecule has 2 rings (SSSR count). The lowest BCUT2D eigenvalue weighted by atomic mass is 10.1. The fourth-order valence-corrected chi connectivity index (χ4v) is 1.76. The molecule has 0 saturated heterocycles. The molecule has 0 aliphatic heterocycles. The lowest BCUT2D eigenvalue weighted by Gasteiger charge is -2.05. The van der Waals surface area contributed by atoms with E-state index in [1.54, 1.807) is 13.2 Å². The summed E-state index contributed by atoms with van der Waals surface area (Å²) in [6.45, 7) is 1.49. The van der Waals surface area contributed by atoms with Crippen molar-refractivity contribution in [2.24, 2.45) is 0 Å². The summed E-state index contributed by atoms with van der Waals surface area (Å²) in [5.41, 5.74) is 2.84. The molecule has 19 heavy (non-hydrogen) atoms. The standard InChI is InChI=1S/C15H17N3O/c1-16-15(19)13-7-5-12(6-8-13)10-17-11-14-4-2-3-9-18-14/h2-9,17H,10-11H2,1H3,(H,16,19). The Labute approximate surface area is 112 Å². The number of hydrogen-bond acceptors (Lipinski definition) is 3. The number of nitrogens with one attached hydrogen (secondary N) is 2. The molecular formula is C15H17N3O. The van der Waals surface area contributed by atoms with Crippen LogP contribution in [-0.4, -0.2) is 17.9 Å². The van der Waals surface area contributed by atoms with Gasteiger partial charge in [0.25, 0.3) is 5.91 Å². The van der Waals surface area contributed by atoms with Crippen molar-refractivity contribution in [3.05, 3.63) is 65.5 Å². The van der Waals surface area contributed by atoms with Crippen LogP contribution in [0, 0.1) is 0 Å². The fourth-order valence-electron chi connectivity index (χ4n) is 1.76. The van der Waals surface area contributed by atoms with Crippen LogP contribution in [0.3, 0.4) is 0 Å². The topological polar surface area (TPSA) is 54.0 Å². The van der Waals surface area contributed by atoms with Crippen LogP contribution in [0.25, 0.3) is 0 Å². The zero-order valence-electron chi connectivity index (χ0n) is 10.9. The molecule has 0 spiro atoms. The lowest BCUT2D eigenvalue weighted by molar-refractivity contribution is 0.0963. The fraction of sp³-hybridized carbons (Fsp3) is 0.200. The molecule has 4 nitrogen and oxygen atoms in total. The molecular weight excluding hydrogens is 238 g/mol. The molecule has 0 saturated carbocycles. The number of rotatable bonds is 5. The monoisotopic (exact) mass is 255 g/mol. The third kappa shape index (κ3) is 3.89. The highest BCUT2D eigenvalue weighted by atomic mass is 16.1. The Morgan fingerprint density at radius 1 is 1.11 bits per heavy atom. The van der Waals surface area contributed by atoms with Crippen molar-refractivity contribution >= 4 is 5.91 Å². The van der Waals surface area contributed by atoms with E-state index in [-0.39, 0.29) is 5.91 Å². The molecule has 0 bridgehead atoms. The smallest absolute Gasteiger partial charge is 0.251 e. The maximum atomic E-state index is 11.4. The Morgan fingerprint density at radius 3 is 2.53 bits per heavy atom. The third-order valence-electron chi connectivity index (χ3n) is 2.80. The zero-order valence-corrected chi connectivity index (χ0v) is 10.9. The number of benzene rings is 1. The van der Waals surface area contributed by atoms with Gasteiger partial charge in [0.1, 0.15) is 0 Å². The molecule has 0 aliphatic carbocycles. The van der Waals surface area contributed by atoms with Gasteiger partial charge >= 0.3 is 0 Å². The second kappa shape index (κ2) is 6.66. The summed E-state index contributed by atoms with van der Waals surface area (Å²) in [6.07, 6.45) is 1.79. The number of hydrogen-bond donors (Lipinski definition) is 2. The molecule has 2 aromatic rings. The van der Waals surface area contributed by atoms with Gasteiger partial charge in [-0.05, 0) is 29.8 Å². The summed E-state index contributed by atoms with van der Waals surface area (Å²) in [5.74, 6) is -0.0620. The van der Waals surface area contributed by atoms with Crippen molar-refractivity contribution < 1.29 is 4.79 Å². The molecule has 4 heteroatoms. The van der Waals surface area contributed by atoms with Gasteiger partial charge in [-0.1, -0.05) is 18.2 Å². The zero-order chi connectivity index (χ0) is 13.5. The van der Waals surface area contributed by atoms with Crippen LogP contribution in [0.1, 0.15) is 21.6 Å². The van der Waals surface area contributed by atoms with Gasteiger partial charge in [0, 0.05) is 31.9 Å². The van der Waals surface area contributed by atoms with Crippen LogP contribution in [-0.2, 0) is 13.1 Å². The first-order chi connectivity index (χ1) is 9.29. The van der Waals surface area contributed by atoms with Crippen LogP contribution in [0.5, 0.6) is 0 Å². The number of nitrogens with zero attached hydrogens (tertiary/aromatic N) is 1. The largest absolute Gasteiger partial charge is 0.355 e. The number of carbonyl (C=O) groups is 1. The van der Waals surface area contributed by atoms with E-state index in [1.807, 2.05) is 42.5 Å². The number of pyridine rings is 1. The normalized spacial score (nSPS) is 10.2. The highest BCUT2D eigenvalue weighted by Crippen LogP contribution is 2.04. The molecule has 1 heterocycles. The van der Waals surface area contributed by atoms with Crippen LogP contribution in [0.2, 0.25) is 0 Å². The van der Waals surface area contributed by atoms with Crippen LogP contribution in [0.15, 0.2) is 48.7 Å². The van der Waals surface area contributed by atoms with Crippen molar-refractivity contribution in [1.29, 1.82) is 0 Å². The van der Waals surface area contributed by atoms with E-state index in [1.165, 1.54) is 0 Å². The van der Waals surface area contributed by atoms with Crippen LogP contribution < -0.4 is 10.6 Å². The number of amides is 1. The Morgan fingerprint density at radius 2 is 1.89 bits per heavy atom. The predicted octanol–water partition coefficient (Wildman–Crippen LogP) is 1.73. The SMILES string of the molecule is CNC(=O)c1ccc(CNCc2ccccn2)cc1. The Balaban J connectivity index is 1.85. The molecule has 1 aromatic heterocycles.